The van der Waals surface area contributed by atoms with Gasteiger partial charge in [0, 0.05) is 0 Å². The molecule has 1 atom stereocenters. The second-order valence-electron chi connectivity index (χ2n) is 11.2. The number of halogens is 1. The van der Waals surface area contributed by atoms with Gasteiger partial charge in [0.1, 0.15) is 6.17 Å². The maximum atomic E-state index is 15.6. The van der Waals surface area contributed by atoms with Crippen LogP contribution in [0.15, 0.2) is 54.6 Å². The van der Waals surface area contributed by atoms with E-state index in [1.54, 1.807) is 0 Å². The summed E-state index contributed by atoms with van der Waals surface area (Å²) in [5.41, 5.74) is 1.44. The van der Waals surface area contributed by atoms with Gasteiger partial charge in [-0.2, -0.15) is 0 Å². The number of benzene rings is 2. The monoisotopic (exact) mass is 448 g/mol. The number of alkyl halides is 1. The molecular weight excluding hydrogens is 403 g/mol. The number of allylic oxidation sites excluding steroid dienone is 2. The average Bonchev–Trinajstić information content (AvgIpc) is 2.85. The molecule has 2 aliphatic carbocycles. The van der Waals surface area contributed by atoms with Gasteiger partial charge >= 0.3 is 0 Å². The van der Waals surface area contributed by atoms with Gasteiger partial charge in [0.25, 0.3) is 0 Å². The van der Waals surface area contributed by atoms with E-state index >= 15 is 4.39 Å². The SMILES string of the molecule is C/C=C/C1CCC(C2(CCCCC)CCC(CC(F)c3cccc4ccccc34)CC2)CC1. The first-order valence-electron chi connectivity index (χ1n) is 13.9. The smallest absolute Gasteiger partial charge is 0.126 e. The van der Waals surface area contributed by atoms with Crippen molar-refractivity contribution < 1.29 is 4.39 Å². The largest absolute Gasteiger partial charge is 0.242 e. The third-order valence-corrected chi connectivity index (χ3v) is 9.18. The van der Waals surface area contributed by atoms with E-state index in [9.17, 15) is 0 Å². The fraction of sp³-hybridized carbons (Fsp3) is 0.625. The normalized spacial score (nSPS) is 29.5. The summed E-state index contributed by atoms with van der Waals surface area (Å²) in [6.45, 7) is 4.48. The van der Waals surface area contributed by atoms with Gasteiger partial charge < -0.3 is 0 Å². The Bertz CT molecular complexity index is 875. The van der Waals surface area contributed by atoms with Crippen LogP contribution >= 0.6 is 0 Å². The van der Waals surface area contributed by atoms with Crippen molar-refractivity contribution in [2.75, 3.05) is 0 Å². The van der Waals surface area contributed by atoms with Gasteiger partial charge in [-0.25, -0.2) is 4.39 Å². The number of hydrogen-bond donors (Lipinski definition) is 0. The second-order valence-corrected chi connectivity index (χ2v) is 11.2. The fourth-order valence-electron chi connectivity index (χ4n) is 7.22. The summed E-state index contributed by atoms with van der Waals surface area (Å²) < 4.78 is 15.6. The van der Waals surface area contributed by atoms with Crippen LogP contribution in [0, 0.1) is 23.2 Å². The Morgan fingerprint density at radius 2 is 1.67 bits per heavy atom. The molecule has 1 heteroatoms. The molecule has 4 rings (SSSR count). The van der Waals surface area contributed by atoms with Gasteiger partial charge in [-0.05, 0) is 111 Å². The summed E-state index contributed by atoms with van der Waals surface area (Å²) in [4.78, 5) is 0. The number of fused-ring (bicyclic) bond motifs is 1. The predicted molar refractivity (Wildman–Crippen MR) is 141 cm³/mol. The molecule has 0 saturated heterocycles. The molecule has 2 aliphatic rings. The van der Waals surface area contributed by atoms with Crippen LogP contribution in [0.2, 0.25) is 0 Å². The molecule has 0 heterocycles. The van der Waals surface area contributed by atoms with Gasteiger partial charge in [0.15, 0.2) is 0 Å². The second kappa shape index (κ2) is 11.7. The quantitative estimate of drug-likeness (QED) is 0.264. The van der Waals surface area contributed by atoms with Crippen molar-refractivity contribution in [3.8, 4) is 0 Å². The Hall–Kier alpha value is -1.63. The van der Waals surface area contributed by atoms with E-state index in [-0.39, 0.29) is 0 Å². The highest BCUT2D eigenvalue weighted by molar-refractivity contribution is 5.85. The lowest BCUT2D eigenvalue weighted by Gasteiger charge is -2.48. The summed E-state index contributed by atoms with van der Waals surface area (Å²) in [6, 6.07) is 14.4. The summed E-state index contributed by atoms with van der Waals surface area (Å²) in [5.74, 6) is 2.25. The van der Waals surface area contributed by atoms with Crippen LogP contribution in [0.5, 0.6) is 0 Å². The molecular formula is C32H45F. The van der Waals surface area contributed by atoms with Crippen molar-refractivity contribution in [2.24, 2.45) is 23.2 Å². The Morgan fingerprint density at radius 1 is 0.939 bits per heavy atom. The highest BCUT2D eigenvalue weighted by atomic mass is 19.1. The Kier molecular flexibility index (Phi) is 8.67. The Labute approximate surface area is 202 Å². The van der Waals surface area contributed by atoms with Crippen molar-refractivity contribution in [3.05, 3.63) is 60.2 Å². The molecule has 2 fully saturated rings. The first-order chi connectivity index (χ1) is 16.1. The third kappa shape index (κ3) is 5.90. The molecule has 2 saturated carbocycles. The van der Waals surface area contributed by atoms with Crippen LogP contribution in [0.25, 0.3) is 10.8 Å². The first kappa shape index (κ1) is 24.5. The first-order valence-corrected chi connectivity index (χ1v) is 13.9. The van der Waals surface area contributed by atoms with Crippen LogP contribution in [0.3, 0.4) is 0 Å². The maximum absolute atomic E-state index is 15.6. The highest BCUT2D eigenvalue weighted by Crippen LogP contribution is 2.54. The van der Waals surface area contributed by atoms with E-state index in [0.29, 0.717) is 17.8 Å². The third-order valence-electron chi connectivity index (χ3n) is 9.18. The van der Waals surface area contributed by atoms with Crippen molar-refractivity contribution in [1.29, 1.82) is 0 Å². The van der Waals surface area contributed by atoms with E-state index < -0.39 is 6.17 Å². The standard InChI is InChI=1S/C32H45F/c1-3-5-8-21-32(28-17-15-25(10-4-2)16-18-28)22-19-26(20-23-32)24-31(33)30-14-9-12-27-11-6-7-13-29(27)30/h4,6-7,9-14,25-26,28,31H,3,5,8,15-24H2,1-2H3/b10-4+. The van der Waals surface area contributed by atoms with Crippen LogP contribution in [-0.2, 0) is 0 Å². The number of unbranched alkanes of at least 4 members (excludes halogenated alkanes) is 2. The van der Waals surface area contributed by atoms with Crippen LogP contribution in [0.1, 0.15) is 109 Å². The van der Waals surface area contributed by atoms with Crippen molar-refractivity contribution >= 4 is 10.8 Å². The molecule has 33 heavy (non-hydrogen) atoms. The minimum absolute atomic E-state index is 0.539. The molecule has 0 N–H and O–H groups in total. The zero-order chi connectivity index (χ0) is 23.1. The van der Waals surface area contributed by atoms with Crippen molar-refractivity contribution in [2.45, 2.75) is 103 Å². The molecule has 0 amide bonds. The Morgan fingerprint density at radius 3 is 2.39 bits per heavy atom. The van der Waals surface area contributed by atoms with Crippen LogP contribution < -0.4 is 0 Å². The maximum Gasteiger partial charge on any atom is 0.126 e. The molecule has 0 aromatic heterocycles. The minimum atomic E-state index is -0.843. The van der Waals surface area contributed by atoms with Crippen LogP contribution in [-0.4, -0.2) is 0 Å². The zero-order valence-electron chi connectivity index (χ0n) is 21.1. The molecule has 1 unspecified atom stereocenters. The molecule has 180 valence electrons. The van der Waals surface area contributed by atoms with E-state index in [1.807, 2.05) is 24.3 Å². The minimum Gasteiger partial charge on any atom is -0.242 e. The topological polar surface area (TPSA) is 0 Å². The zero-order valence-corrected chi connectivity index (χ0v) is 21.1. The average molecular weight is 449 g/mol. The Balaban J connectivity index is 1.39. The summed E-state index contributed by atoms with van der Waals surface area (Å²) in [6.07, 6.45) is 20.7. The highest BCUT2D eigenvalue weighted by Gasteiger charge is 2.42. The van der Waals surface area contributed by atoms with Crippen molar-refractivity contribution in [3.63, 3.8) is 0 Å². The van der Waals surface area contributed by atoms with E-state index in [0.717, 1.165) is 28.2 Å². The summed E-state index contributed by atoms with van der Waals surface area (Å²) in [7, 11) is 0. The molecule has 2 aromatic rings. The number of rotatable bonds is 9. The van der Waals surface area contributed by atoms with E-state index in [2.05, 4.69) is 44.2 Å². The molecule has 0 nitrogen and oxygen atoms in total. The van der Waals surface area contributed by atoms with Gasteiger partial charge in [-0.15, -0.1) is 0 Å². The van der Waals surface area contributed by atoms with Crippen molar-refractivity contribution in [1.82, 2.24) is 0 Å². The van der Waals surface area contributed by atoms with Gasteiger partial charge in [-0.3, -0.25) is 0 Å². The van der Waals surface area contributed by atoms with Gasteiger partial charge in [-0.1, -0.05) is 80.8 Å². The molecule has 0 spiro atoms. The van der Waals surface area contributed by atoms with E-state index in [4.69, 9.17) is 0 Å². The fourth-order valence-corrected chi connectivity index (χ4v) is 7.22. The summed E-state index contributed by atoms with van der Waals surface area (Å²) >= 11 is 0. The van der Waals surface area contributed by atoms with Gasteiger partial charge in [0.05, 0.1) is 0 Å². The predicted octanol–water partition coefficient (Wildman–Crippen LogP) is 10.4. The molecule has 0 aliphatic heterocycles. The lowest BCUT2D eigenvalue weighted by molar-refractivity contribution is 0.0260. The van der Waals surface area contributed by atoms with Gasteiger partial charge in [0.2, 0.25) is 0 Å². The number of hydrogen-bond acceptors (Lipinski definition) is 0. The summed E-state index contributed by atoms with van der Waals surface area (Å²) in [5, 5.41) is 2.25. The van der Waals surface area contributed by atoms with Crippen LogP contribution in [0.4, 0.5) is 4.39 Å². The molecule has 0 radical (unpaired) electrons. The van der Waals surface area contributed by atoms with E-state index in [1.165, 1.54) is 77.0 Å². The molecule has 2 aromatic carbocycles. The lowest BCUT2D eigenvalue weighted by atomic mass is 9.57. The molecule has 0 bridgehead atoms. The lowest BCUT2D eigenvalue weighted by Crippen LogP contribution is -2.37.